The number of halogens is 1. The lowest BCUT2D eigenvalue weighted by molar-refractivity contribution is -0.118. The van der Waals surface area contributed by atoms with E-state index >= 15 is 0 Å². The van der Waals surface area contributed by atoms with E-state index in [0.717, 1.165) is 78.7 Å². The normalized spacial score (nSPS) is 13.9. The molecule has 3 aromatic rings. The Hall–Kier alpha value is -2.69. The predicted molar refractivity (Wildman–Crippen MR) is 103 cm³/mol. The van der Waals surface area contributed by atoms with Crippen molar-refractivity contribution in [2.24, 2.45) is 0 Å². The van der Waals surface area contributed by atoms with Crippen LogP contribution in [-0.4, -0.2) is 28.9 Å². The van der Waals surface area contributed by atoms with Gasteiger partial charge in [-0.3, -0.25) is 4.79 Å². The van der Waals surface area contributed by atoms with Crippen LogP contribution < -0.4 is 0 Å². The van der Waals surface area contributed by atoms with E-state index in [1.165, 1.54) is 12.1 Å². The number of carbonyl (C=O) groups is 1. The Balaban J connectivity index is 1.67. The van der Waals surface area contributed by atoms with E-state index in [4.69, 9.17) is 4.42 Å². The quantitative estimate of drug-likeness (QED) is 0.541. The molecule has 4 nitrogen and oxygen atoms in total. The Morgan fingerprint density at radius 1 is 1.22 bits per heavy atom. The van der Waals surface area contributed by atoms with Gasteiger partial charge in [-0.15, -0.1) is 0 Å². The number of oxazole rings is 1. The van der Waals surface area contributed by atoms with Crippen molar-refractivity contribution in [3.63, 3.8) is 0 Å². The largest absolute Gasteiger partial charge is 0.440 e. The molecule has 1 heterocycles. The molecule has 1 saturated carbocycles. The number of nitrogens with zero attached hydrogens (tertiary/aromatic N) is 2. The summed E-state index contributed by atoms with van der Waals surface area (Å²) in [5.41, 5.74) is 4.72. The number of hydrogen-bond donors (Lipinski definition) is 0. The Morgan fingerprint density at radius 2 is 2.00 bits per heavy atom. The molecule has 5 heteroatoms. The van der Waals surface area contributed by atoms with Crippen LogP contribution in [0.3, 0.4) is 0 Å². The number of hydrogen-bond acceptors (Lipinski definition) is 3. The van der Waals surface area contributed by atoms with Gasteiger partial charge in [0.15, 0.2) is 11.5 Å². The summed E-state index contributed by atoms with van der Waals surface area (Å²) in [6, 6.07) is 10.9. The van der Waals surface area contributed by atoms with Gasteiger partial charge in [0.05, 0.1) is 0 Å². The number of fused-ring (bicyclic) bond motifs is 1. The number of aryl methyl sites for hydroxylation is 2. The highest BCUT2D eigenvalue weighted by molar-refractivity contribution is 5.85. The van der Waals surface area contributed by atoms with Crippen molar-refractivity contribution >= 4 is 17.5 Å². The highest BCUT2D eigenvalue weighted by Gasteiger charge is 2.27. The third kappa shape index (κ3) is 3.72. The van der Waals surface area contributed by atoms with Gasteiger partial charge in [0.2, 0.25) is 6.41 Å². The average molecular weight is 366 g/mol. The van der Waals surface area contributed by atoms with Gasteiger partial charge in [0, 0.05) is 24.6 Å². The zero-order valence-electron chi connectivity index (χ0n) is 15.5. The summed E-state index contributed by atoms with van der Waals surface area (Å²) in [5, 5.41) is 0. The third-order valence-electron chi connectivity index (χ3n) is 5.16. The van der Waals surface area contributed by atoms with E-state index in [1.807, 2.05) is 24.0 Å². The van der Waals surface area contributed by atoms with Crippen LogP contribution in [0.5, 0.6) is 0 Å². The Kier molecular flexibility index (Phi) is 4.92. The summed E-state index contributed by atoms with van der Waals surface area (Å²) < 4.78 is 19.4. The first-order valence-electron chi connectivity index (χ1n) is 9.58. The maximum atomic E-state index is 13.3. The summed E-state index contributed by atoms with van der Waals surface area (Å²) in [6.45, 7) is 2.76. The second-order valence-electron chi connectivity index (χ2n) is 7.09. The molecule has 1 aliphatic carbocycles. The number of aromatic nitrogens is 1. The summed E-state index contributed by atoms with van der Waals surface area (Å²) in [4.78, 5) is 17.7. The summed E-state index contributed by atoms with van der Waals surface area (Å²) in [7, 11) is 0. The second-order valence-corrected chi connectivity index (χ2v) is 7.09. The van der Waals surface area contributed by atoms with Crippen LogP contribution in [0.4, 0.5) is 4.39 Å². The molecule has 0 spiro atoms. The molecule has 0 radical (unpaired) electrons. The number of amides is 1. The molecule has 4 rings (SSSR count). The third-order valence-corrected chi connectivity index (χ3v) is 5.16. The van der Waals surface area contributed by atoms with Crippen LogP contribution in [0, 0.1) is 5.82 Å². The molecule has 0 atom stereocenters. The molecule has 1 fully saturated rings. The van der Waals surface area contributed by atoms with Gasteiger partial charge in [-0.25, -0.2) is 9.37 Å². The minimum Gasteiger partial charge on any atom is -0.440 e. The molecule has 1 aromatic heterocycles. The van der Waals surface area contributed by atoms with Crippen molar-refractivity contribution in [3.05, 3.63) is 53.7 Å². The lowest BCUT2D eigenvalue weighted by Crippen LogP contribution is -2.25. The Bertz CT molecular complexity index is 945. The van der Waals surface area contributed by atoms with Crippen LogP contribution in [0.1, 0.15) is 37.6 Å². The average Bonchev–Trinajstić information content (AvgIpc) is 3.44. The van der Waals surface area contributed by atoms with Crippen LogP contribution in [0.2, 0.25) is 0 Å². The molecular formula is C22H23FN2O2. The SMILES string of the molecule is CCc1nc2ccc(-c3ccc(F)cc3)c(CCCN(C=O)C3CC3)c2o1. The highest BCUT2D eigenvalue weighted by Crippen LogP contribution is 2.33. The van der Waals surface area contributed by atoms with E-state index in [0.29, 0.717) is 6.04 Å². The van der Waals surface area contributed by atoms with Crippen LogP contribution in [0.25, 0.3) is 22.2 Å². The monoisotopic (exact) mass is 366 g/mol. The highest BCUT2D eigenvalue weighted by atomic mass is 19.1. The summed E-state index contributed by atoms with van der Waals surface area (Å²) >= 11 is 0. The van der Waals surface area contributed by atoms with Crippen molar-refractivity contribution in [3.8, 4) is 11.1 Å². The van der Waals surface area contributed by atoms with Crippen LogP contribution in [-0.2, 0) is 17.6 Å². The van der Waals surface area contributed by atoms with Crippen molar-refractivity contribution < 1.29 is 13.6 Å². The first-order valence-corrected chi connectivity index (χ1v) is 9.58. The minimum atomic E-state index is -0.250. The number of carbonyl (C=O) groups excluding carboxylic acids is 1. The zero-order valence-corrected chi connectivity index (χ0v) is 15.5. The zero-order chi connectivity index (χ0) is 18.8. The van der Waals surface area contributed by atoms with Gasteiger partial charge >= 0.3 is 0 Å². The first-order chi connectivity index (χ1) is 13.2. The standard InChI is InChI=1S/C22H23FN2O2/c1-2-21-24-20-12-11-18(15-5-7-16(23)8-6-15)19(22(20)27-21)4-3-13-25(14-26)17-9-10-17/h5-8,11-12,14,17H,2-4,9-10,13H2,1H3. The topological polar surface area (TPSA) is 46.3 Å². The van der Waals surface area contributed by atoms with E-state index in [-0.39, 0.29) is 5.82 Å². The fourth-order valence-corrected chi connectivity index (χ4v) is 3.56. The van der Waals surface area contributed by atoms with Gasteiger partial charge in [-0.05, 0) is 55.0 Å². The van der Waals surface area contributed by atoms with Gasteiger partial charge in [-0.2, -0.15) is 0 Å². The van der Waals surface area contributed by atoms with Crippen molar-refractivity contribution in [2.45, 2.75) is 45.1 Å². The molecule has 0 saturated heterocycles. The molecule has 2 aromatic carbocycles. The molecule has 0 aliphatic heterocycles. The van der Waals surface area contributed by atoms with Gasteiger partial charge < -0.3 is 9.32 Å². The van der Waals surface area contributed by atoms with E-state index < -0.39 is 0 Å². The lowest BCUT2D eigenvalue weighted by atomic mass is 9.95. The van der Waals surface area contributed by atoms with E-state index in [1.54, 1.807) is 12.1 Å². The first kappa shape index (κ1) is 17.7. The lowest BCUT2D eigenvalue weighted by Gasteiger charge is -2.17. The maximum Gasteiger partial charge on any atom is 0.209 e. The molecule has 0 bridgehead atoms. The van der Waals surface area contributed by atoms with E-state index in [2.05, 4.69) is 4.98 Å². The Morgan fingerprint density at radius 3 is 2.67 bits per heavy atom. The molecule has 140 valence electrons. The molecule has 1 amide bonds. The summed E-state index contributed by atoms with van der Waals surface area (Å²) in [5.74, 6) is 0.468. The molecule has 27 heavy (non-hydrogen) atoms. The smallest absolute Gasteiger partial charge is 0.209 e. The van der Waals surface area contributed by atoms with Crippen LogP contribution >= 0.6 is 0 Å². The van der Waals surface area contributed by atoms with Gasteiger partial charge in [0.1, 0.15) is 11.3 Å². The molecular weight excluding hydrogens is 343 g/mol. The molecule has 1 aliphatic rings. The minimum absolute atomic E-state index is 0.250. The fraction of sp³-hybridized carbons (Fsp3) is 0.364. The number of rotatable bonds is 8. The molecule has 0 N–H and O–H groups in total. The summed E-state index contributed by atoms with van der Waals surface area (Å²) in [6.07, 6.45) is 5.54. The van der Waals surface area contributed by atoms with Crippen molar-refractivity contribution in [2.75, 3.05) is 6.54 Å². The molecule has 0 unspecified atom stereocenters. The van der Waals surface area contributed by atoms with Crippen LogP contribution in [0.15, 0.2) is 40.8 Å². The Labute approximate surface area is 158 Å². The van der Waals surface area contributed by atoms with Gasteiger partial charge in [-0.1, -0.05) is 25.1 Å². The second kappa shape index (κ2) is 7.51. The predicted octanol–water partition coefficient (Wildman–Crippen LogP) is 4.75. The number of benzene rings is 2. The van der Waals surface area contributed by atoms with Gasteiger partial charge in [0.25, 0.3) is 0 Å². The fourth-order valence-electron chi connectivity index (χ4n) is 3.56. The van der Waals surface area contributed by atoms with Crippen molar-refractivity contribution in [1.29, 1.82) is 0 Å². The maximum absolute atomic E-state index is 13.3. The van der Waals surface area contributed by atoms with Crippen molar-refractivity contribution in [1.82, 2.24) is 9.88 Å². The van der Waals surface area contributed by atoms with E-state index in [9.17, 15) is 9.18 Å².